The van der Waals surface area contributed by atoms with E-state index in [2.05, 4.69) is 4.74 Å². The first-order valence-corrected chi connectivity index (χ1v) is 20.0. The zero-order valence-corrected chi connectivity index (χ0v) is 33.0. The molecule has 4 atom stereocenters. The van der Waals surface area contributed by atoms with Gasteiger partial charge < -0.3 is 32.6 Å². The van der Waals surface area contributed by atoms with Crippen LogP contribution in [0.3, 0.4) is 0 Å². The topological polar surface area (TPSA) is 184 Å². The number of halogens is 4. The van der Waals surface area contributed by atoms with E-state index < -0.39 is 109 Å². The third kappa shape index (κ3) is 8.08. The molecule has 3 aliphatic rings. The summed E-state index contributed by atoms with van der Waals surface area (Å²) >= 11 is 0. The third-order valence-electron chi connectivity index (χ3n) is 11.2. The molecule has 0 spiro atoms. The lowest BCUT2D eigenvalue weighted by atomic mass is 9.70. The Morgan fingerprint density at radius 2 is 1.44 bits per heavy atom. The van der Waals surface area contributed by atoms with Gasteiger partial charge in [0.25, 0.3) is 5.60 Å². The minimum Gasteiger partial charge on any atom is -0.451 e. The van der Waals surface area contributed by atoms with Gasteiger partial charge in [0.2, 0.25) is 12.1 Å². The molecule has 0 N–H and O–H groups in total. The normalized spacial score (nSPS) is 21.3. The molecule has 7 rings (SSSR count). The molecule has 19 heteroatoms. The number of benzene rings is 4. The number of hydrogen-bond donors (Lipinski definition) is 0. The number of Topliss-reactive ketones (excluding diaryl/α,β-unsaturated/α-hetero) is 2. The lowest BCUT2D eigenvalue weighted by Crippen LogP contribution is -2.50. The van der Waals surface area contributed by atoms with E-state index in [1.807, 2.05) is 0 Å². The molecule has 0 amide bonds. The smallest absolute Gasteiger partial charge is 0.451 e. The van der Waals surface area contributed by atoms with Crippen LogP contribution in [0.15, 0.2) is 97.1 Å². The van der Waals surface area contributed by atoms with Crippen molar-refractivity contribution in [2.75, 3.05) is 5.75 Å². The van der Waals surface area contributed by atoms with Gasteiger partial charge >= 0.3 is 34.6 Å². The van der Waals surface area contributed by atoms with Crippen molar-refractivity contribution in [1.29, 1.82) is 0 Å². The maximum atomic E-state index is 15.3. The van der Waals surface area contributed by atoms with Crippen molar-refractivity contribution in [2.45, 2.75) is 51.9 Å². The van der Waals surface area contributed by atoms with Crippen molar-refractivity contribution in [3.8, 4) is 28.7 Å². The molecule has 2 bridgehead atoms. The average molecular weight is 871 g/mol. The zero-order valence-electron chi connectivity index (χ0n) is 32.2. The van der Waals surface area contributed by atoms with Gasteiger partial charge in [-0.2, -0.15) is 8.42 Å². The van der Waals surface area contributed by atoms with Crippen LogP contribution in [0.4, 0.5) is 22.4 Å². The fraction of sp³-hybridized carbons (Fsp3) is 0.310. The number of carbonyl (C=O) groups excluding carboxylic acids is 5. The van der Waals surface area contributed by atoms with E-state index in [0.717, 1.165) is 31.2 Å². The Balaban J connectivity index is 1.23. The van der Waals surface area contributed by atoms with Crippen LogP contribution in [0.2, 0.25) is 0 Å². The second-order valence-electron chi connectivity index (χ2n) is 15.1. The third-order valence-corrected chi connectivity index (χ3v) is 12.5. The lowest BCUT2D eigenvalue weighted by molar-refractivity contribution is -0.274. The van der Waals surface area contributed by atoms with Crippen LogP contribution >= 0.6 is 0 Å². The Morgan fingerprint density at radius 3 is 2.03 bits per heavy atom. The molecule has 0 radical (unpaired) electrons. The minimum absolute atomic E-state index is 0.0514. The first-order valence-electron chi connectivity index (χ1n) is 18.4. The summed E-state index contributed by atoms with van der Waals surface area (Å²) in [6, 6.07) is 18.5. The fourth-order valence-electron chi connectivity index (χ4n) is 8.39. The second-order valence-corrected chi connectivity index (χ2v) is 16.7. The van der Waals surface area contributed by atoms with Crippen molar-refractivity contribution in [1.82, 2.24) is 0 Å². The number of carbonyl (C=O) groups is 5. The summed E-state index contributed by atoms with van der Waals surface area (Å²) in [5.74, 6) is -9.09. The van der Waals surface area contributed by atoms with Crippen molar-refractivity contribution in [2.24, 2.45) is 22.7 Å². The van der Waals surface area contributed by atoms with Gasteiger partial charge in [-0.25, -0.2) is 14.0 Å². The van der Waals surface area contributed by atoms with Crippen molar-refractivity contribution in [3.05, 3.63) is 114 Å². The van der Waals surface area contributed by atoms with E-state index in [1.54, 1.807) is 38.1 Å². The molecule has 4 aromatic rings. The summed E-state index contributed by atoms with van der Waals surface area (Å²) < 4.78 is 119. The van der Waals surface area contributed by atoms with E-state index in [-0.39, 0.29) is 24.2 Å². The number of fused-ring (bicyclic) bond motifs is 3. The van der Waals surface area contributed by atoms with Gasteiger partial charge in [0.05, 0.1) is 11.2 Å². The Bertz CT molecular complexity index is 2500. The average Bonchev–Trinajstić information content (AvgIpc) is 3.76. The first kappa shape index (κ1) is 42.6. The number of ether oxygens (including phenoxy) is 6. The minimum atomic E-state index is -5.18. The summed E-state index contributed by atoms with van der Waals surface area (Å²) in [6.45, 7) is 4.42. The number of ketones is 2. The van der Waals surface area contributed by atoms with E-state index in [1.165, 1.54) is 18.2 Å². The number of esters is 2. The summed E-state index contributed by atoms with van der Waals surface area (Å²) in [7, 11) is -5.18. The molecule has 0 saturated heterocycles. The first-order chi connectivity index (χ1) is 28.6. The molecule has 1 aliphatic heterocycles. The quantitative estimate of drug-likeness (QED) is 0.0347. The van der Waals surface area contributed by atoms with Gasteiger partial charge in [0.15, 0.2) is 23.1 Å². The van der Waals surface area contributed by atoms with E-state index in [9.17, 15) is 45.6 Å². The molecule has 2 aliphatic carbocycles. The van der Waals surface area contributed by atoms with Crippen LogP contribution in [-0.2, 0) is 39.0 Å². The van der Waals surface area contributed by atoms with Crippen LogP contribution in [0.1, 0.15) is 49.5 Å². The lowest BCUT2D eigenvalue weighted by Gasteiger charge is -2.35. The molecule has 1 heterocycles. The Hall–Kier alpha value is -6.50. The predicted octanol–water partition coefficient (Wildman–Crippen LogP) is 7.24. The van der Waals surface area contributed by atoms with Gasteiger partial charge in [0.1, 0.15) is 17.3 Å². The zero-order chi connectivity index (χ0) is 44.1. The molecule has 2 fully saturated rings. The number of para-hydroxylation sites is 2. The highest BCUT2D eigenvalue weighted by molar-refractivity contribution is 7.87. The highest BCUT2D eigenvalue weighted by Crippen LogP contribution is 2.68. The summed E-state index contributed by atoms with van der Waals surface area (Å²) in [4.78, 5) is 67.8. The molecule has 4 aromatic carbocycles. The molecule has 2 saturated carbocycles. The number of rotatable bonds is 12. The SMILES string of the molecule is CC(=O)Oc1ccc(OC(=O)C(OC(=O)OS(=O)(=O)CC23CC(C4Oc5ccccc5O4)C(CC2=O)C3(C)C)(C(=O)c2ccccc2)c2ccc(OC(F)(F)F)cc2)c(F)c1. The second kappa shape index (κ2) is 15.5. The van der Waals surface area contributed by atoms with Gasteiger partial charge in [-0.05, 0) is 54.2 Å². The van der Waals surface area contributed by atoms with Gasteiger partial charge in [-0.3, -0.25) is 14.4 Å². The van der Waals surface area contributed by atoms with Crippen molar-refractivity contribution >= 4 is 39.8 Å². The fourth-order valence-corrected chi connectivity index (χ4v) is 9.95. The molecule has 61 heavy (non-hydrogen) atoms. The molecular formula is C42H34F4O14S. The van der Waals surface area contributed by atoms with Crippen LogP contribution in [-0.4, -0.2) is 56.5 Å². The standard InChI is InChI=1S/C42H34F4O14S/c1-23(47)54-27-17-18-31(30(43)19-27)57-37(50)41(35(49)24-9-5-4-6-10-24,25-13-15-26(16-14-25)58-42(44,45)46)59-38(51)60-61(52,53)22-40-21-28(29(20-34(40)48)39(40,2)3)36-55-32-11-7-8-12-33(32)56-36/h4-19,28-29,36H,20-22H2,1-3H3. The Labute approximate surface area is 344 Å². The van der Waals surface area contributed by atoms with E-state index >= 15 is 4.39 Å². The highest BCUT2D eigenvalue weighted by Gasteiger charge is 2.71. The summed E-state index contributed by atoms with van der Waals surface area (Å²) in [5, 5.41) is 0. The largest absolute Gasteiger partial charge is 0.573 e. The predicted molar refractivity (Wildman–Crippen MR) is 199 cm³/mol. The van der Waals surface area contributed by atoms with Gasteiger partial charge in [-0.1, -0.05) is 68.4 Å². The maximum Gasteiger partial charge on any atom is 0.573 e. The van der Waals surface area contributed by atoms with Crippen molar-refractivity contribution in [3.63, 3.8) is 0 Å². The number of hydrogen-bond acceptors (Lipinski definition) is 14. The van der Waals surface area contributed by atoms with Crippen LogP contribution in [0, 0.1) is 28.5 Å². The van der Waals surface area contributed by atoms with Crippen LogP contribution in [0.5, 0.6) is 28.7 Å². The Morgan fingerprint density at radius 1 is 0.836 bits per heavy atom. The monoisotopic (exact) mass is 870 g/mol. The molecule has 14 nitrogen and oxygen atoms in total. The van der Waals surface area contributed by atoms with Gasteiger partial charge in [0, 0.05) is 36.5 Å². The van der Waals surface area contributed by atoms with E-state index in [0.29, 0.717) is 41.8 Å². The molecular weight excluding hydrogens is 837 g/mol. The van der Waals surface area contributed by atoms with E-state index in [4.69, 9.17) is 27.9 Å². The van der Waals surface area contributed by atoms with Crippen LogP contribution in [0.25, 0.3) is 0 Å². The highest BCUT2D eigenvalue weighted by atomic mass is 32.2. The Kier molecular flexibility index (Phi) is 10.8. The summed E-state index contributed by atoms with van der Waals surface area (Å²) in [6.07, 6.45) is -8.36. The van der Waals surface area contributed by atoms with Crippen molar-refractivity contribution < 1.29 is 82.6 Å². The van der Waals surface area contributed by atoms with Gasteiger partial charge in [-0.15, -0.1) is 13.2 Å². The summed E-state index contributed by atoms with van der Waals surface area (Å²) in [5.41, 5.74) is -7.25. The molecule has 4 unspecified atom stereocenters. The maximum absolute atomic E-state index is 15.3. The number of alkyl halides is 3. The molecule has 0 aromatic heterocycles. The molecule has 320 valence electrons. The van der Waals surface area contributed by atoms with Crippen LogP contribution < -0.4 is 23.7 Å².